The maximum Gasteiger partial charge on any atom is 1.00 e. The average molecular weight is 519 g/mol. The molecule has 3 atom stereocenters. The molecular weight excluding hydrogens is 501 g/mol. The Balaban J connectivity index is 0.00000408. The van der Waals surface area contributed by atoms with Gasteiger partial charge < -0.3 is 31.3 Å². The zero-order chi connectivity index (χ0) is 24.3. The van der Waals surface area contributed by atoms with E-state index in [4.69, 9.17) is 5.73 Å². The van der Waals surface area contributed by atoms with E-state index in [1.165, 1.54) is 24.3 Å². The van der Waals surface area contributed by atoms with Crippen LogP contribution in [0.5, 0.6) is 5.75 Å². The minimum atomic E-state index is -4.99. The van der Waals surface area contributed by atoms with Crippen LogP contribution in [0.4, 0.5) is 4.79 Å². The van der Waals surface area contributed by atoms with Crippen LogP contribution < -0.4 is 51.2 Å². The molecule has 1 aromatic carbocycles. The van der Waals surface area contributed by atoms with Crippen molar-refractivity contribution >= 4 is 45.4 Å². The van der Waals surface area contributed by atoms with Gasteiger partial charge in [0.25, 0.3) is 5.91 Å². The van der Waals surface area contributed by atoms with Crippen molar-refractivity contribution in [3.63, 3.8) is 0 Å². The van der Waals surface area contributed by atoms with Gasteiger partial charge in [0.15, 0.2) is 10.3 Å². The Morgan fingerprint density at radius 3 is 2.26 bits per heavy atom. The summed E-state index contributed by atoms with van der Waals surface area (Å²) >= 11 is 1.16. The van der Waals surface area contributed by atoms with Crippen LogP contribution >= 0.6 is 11.3 Å². The van der Waals surface area contributed by atoms with Crippen molar-refractivity contribution in [3.8, 4) is 5.75 Å². The first-order chi connectivity index (χ1) is 15.5. The van der Waals surface area contributed by atoms with E-state index in [9.17, 15) is 37.3 Å². The number of rotatable bonds is 8. The predicted octanol–water partition coefficient (Wildman–Crippen LogP) is -4.19. The number of nitrogens with zero attached hydrogens (tertiary/aromatic N) is 1. The van der Waals surface area contributed by atoms with Gasteiger partial charge in [0.05, 0.1) is 6.54 Å². The fourth-order valence-electron chi connectivity index (χ4n) is 3.02. The molecule has 16 heteroatoms. The summed E-state index contributed by atoms with van der Waals surface area (Å²) in [5.41, 5.74) is 5.37. The predicted molar refractivity (Wildman–Crippen MR) is 112 cm³/mol. The van der Waals surface area contributed by atoms with Crippen molar-refractivity contribution in [1.29, 1.82) is 0 Å². The molecule has 1 aliphatic rings. The Kier molecular flexibility index (Phi) is 9.04. The maximum absolute atomic E-state index is 12.9. The molecule has 6 N–H and O–H groups in total. The van der Waals surface area contributed by atoms with Crippen LogP contribution in [0.15, 0.2) is 41.8 Å². The van der Waals surface area contributed by atoms with Gasteiger partial charge in [0.2, 0.25) is 11.8 Å². The van der Waals surface area contributed by atoms with Crippen molar-refractivity contribution in [3.05, 3.63) is 52.2 Å². The molecule has 0 aliphatic carbocycles. The van der Waals surface area contributed by atoms with E-state index in [0.29, 0.717) is 4.88 Å². The minimum absolute atomic E-state index is 0. The van der Waals surface area contributed by atoms with Crippen LogP contribution in [0.3, 0.4) is 0 Å². The van der Waals surface area contributed by atoms with Gasteiger partial charge in [-0.05, 0) is 29.1 Å². The molecule has 2 heterocycles. The third kappa shape index (κ3) is 6.46. The number of urea groups is 1. The van der Waals surface area contributed by atoms with Gasteiger partial charge >= 0.3 is 35.6 Å². The molecule has 5 amide bonds. The largest absolute Gasteiger partial charge is 1.00 e. The number of phenolic OH excluding ortho intramolecular Hbond substituents is 1. The number of carbonyl (C=O) groups is 4. The second-order valence-electron chi connectivity index (χ2n) is 6.88. The SMILES string of the molecule is NC(=O)NC(C(=O)NC(C(=O)NC1CN(S(=O)(=O)[O-])C1=O)c1ccc(O)cc1)c1cccs1.[Na+]. The molecule has 2 aromatic rings. The molecule has 0 bridgehead atoms. The van der Waals surface area contributed by atoms with E-state index in [0.717, 1.165) is 11.3 Å². The Morgan fingerprint density at radius 2 is 1.76 bits per heavy atom. The van der Waals surface area contributed by atoms with Gasteiger partial charge in [-0.15, -0.1) is 11.3 Å². The number of β-lactam (4-membered cyclic amide) rings is 1. The second-order valence-corrected chi connectivity index (χ2v) is 9.15. The number of hydrogen-bond acceptors (Lipinski definition) is 9. The smallest absolute Gasteiger partial charge is 0.731 e. The van der Waals surface area contributed by atoms with E-state index >= 15 is 0 Å². The van der Waals surface area contributed by atoms with Crippen LogP contribution in [0.1, 0.15) is 22.5 Å². The number of amides is 5. The molecule has 176 valence electrons. The summed E-state index contributed by atoms with van der Waals surface area (Å²) < 4.78 is 33.0. The summed E-state index contributed by atoms with van der Waals surface area (Å²) in [4.78, 5) is 49.6. The zero-order valence-corrected chi connectivity index (χ0v) is 21.3. The number of carbonyl (C=O) groups excluding carboxylic acids is 4. The number of nitrogens with two attached hydrogens (primary N) is 1. The fraction of sp³-hybridized carbons (Fsp3) is 0.222. The van der Waals surface area contributed by atoms with Crippen molar-refractivity contribution in [2.24, 2.45) is 5.73 Å². The van der Waals surface area contributed by atoms with Gasteiger partial charge in [-0.2, -0.15) is 0 Å². The average Bonchev–Trinajstić information content (AvgIpc) is 3.26. The van der Waals surface area contributed by atoms with Gasteiger partial charge in [0.1, 0.15) is 23.9 Å². The number of hydrogen-bond donors (Lipinski definition) is 5. The number of benzene rings is 1. The Bertz CT molecular complexity index is 1170. The Labute approximate surface area is 219 Å². The van der Waals surface area contributed by atoms with Crippen LogP contribution in [-0.2, 0) is 24.7 Å². The molecule has 0 radical (unpaired) electrons. The number of nitrogens with one attached hydrogen (secondary N) is 3. The molecule has 0 saturated carbocycles. The summed E-state index contributed by atoms with van der Waals surface area (Å²) in [5, 5.41) is 18.2. The number of primary amides is 1. The van der Waals surface area contributed by atoms with Crippen LogP contribution in [0.2, 0.25) is 0 Å². The van der Waals surface area contributed by atoms with E-state index in [-0.39, 0.29) is 45.2 Å². The van der Waals surface area contributed by atoms with Crippen LogP contribution in [0, 0.1) is 0 Å². The number of phenols is 1. The molecule has 1 saturated heterocycles. The van der Waals surface area contributed by atoms with Crippen molar-refractivity contribution < 1.29 is 66.8 Å². The topological polar surface area (TPSA) is 211 Å². The first-order valence-electron chi connectivity index (χ1n) is 9.24. The first kappa shape index (κ1) is 27.6. The molecule has 1 aliphatic heterocycles. The standard InChI is InChI=1S/C18H19N5O8S2.Na/c19-18(28)22-14(12-2-1-7-32-12)16(26)21-13(9-3-5-10(24)6-4-9)15(25)20-11-8-23(17(11)27)33(29,30)31;/h1-7,11,13-14,24H,8H2,(H,20,25)(H,21,26)(H3,19,22,28)(H,29,30,31);/q;+1/p-1. The van der Waals surface area contributed by atoms with Gasteiger partial charge in [-0.1, -0.05) is 18.2 Å². The molecule has 34 heavy (non-hydrogen) atoms. The quantitative estimate of drug-likeness (QED) is 0.131. The van der Waals surface area contributed by atoms with Gasteiger partial charge in [-0.3, -0.25) is 14.4 Å². The molecular formula is C18H18N5NaO8S2. The third-order valence-corrected chi connectivity index (χ3v) is 6.44. The summed E-state index contributed by atoms with van der Waals surface area (Å²) in [5.74, 6) is -2.91. The summed E-state index contributed by atoms with van der Waals surface area (Å²) in [6.07, 6.45) is 0. The Hall–Kier alpha value is -2.69. The third-order valence-electron chi connectivity index (χ3n) is 4.63. The van der Waals surface area contributed by atoms with Gasteiger partial charge in [-0.25, -0.2) is 17.5 Å². The van der Waals surface area contributed by atoms with Crippen molar-refractivity contribution in [1.82, 2.24) is 20.3 Å². The molecule has 13 nitrogen and oxygen atoms in total. The first-order valence-corrected chi connectivity index (χ1v) is 11.5. The summed E-state index contributed by atoms with van der Waals surface area (Å²) in [6.45, 7) is -0.548. The van der Waals surface area contributed by atoms with E-state index in [2.05, 4.69) is 16.0 Å². The van der Waals surface area contributed by atoms with Crippen LogP contribution in [-0.4, -0.2) is 58.7 Å². The Morgan fingerprint density at radius 1 is 1.12 bits per heavy atom. The van der Waals surface area contributed by atoms with Crippen LogP contribution in [0.25, 0.3) is 0 Å². The molecule has 3 unspecified atom stereocenters. The van der Waals surface area contributed by atoms with E-state index < -0.39 is 58.7 Å². The normalized spacial score (nSPS) is 16.9. The van der Waals surface area contributed by atoms with Gasteiger partial charge in [0, 0.05) is 4.88 Å². The molecule has 1 aromatic heterocycles. The summed E-state index contributed by atoms with van der Waals surface area (Å²) in [6, 6.07) is 3.55. The summed E-state index contributed by atoms with van der Waals surface area (Å²) in [7, 11) is -4.99. The number of thiophene rings is 1. The molecule has 0 spiro atoms. The van der Waals surface area contributed by atoms with Crippen molar-refractivity contribution in [2.45, 2.75) is 18.1 Å². The monoisotopic (exact) mass is 519 g/mol. The fourth-order valence-corrected chi connectivity index (χ4v) is 4.47. The van der Waals surface area contributed by atoms with E-state index in [1.54, 1.807) is 17.5 Å². The molecule has 1 fully saturated rings. The van der Waals surface area contributed by atoms with E-state index in [1.807, 2.05) is 0 Å². The number of aromatic hydroxyl groups is 1. The molecule has 3 rings (SSSR count). The maximum atomic E-state index is 12.9. The minimum Gasteiger partial charge on any atom is -0.731 e. The second kappa shape index (κ2) is 11.2. The van der Waals surface area contributed by atoms with Crippen molar-refractivity contribution in [2.75, 3.05) is 6.54 Å². The zero-order valence-electron chi connectivity index (χ0n) is 17.6.